The summed E-state index contributed by atoms with van der Waals surface area (Å²) in [5, 5.41) is 13.0. The van der Waals surface area contributed by atoms with E-state index in [1.165, 1.54) is 62.6 Å². The number of Topliss-reactive ketones (excluding diaryl/α,β-unsaturated/α-hetero) is 1. The fraction of sp³-hybridized carbons (Fsp3) is 0.875. The molecule has 0 aromatic rings. The molecule has 5 unspecified atom stereocenters. The predicted octanol–water partition coefficient (Wildman–Crippen LogP) is 4.20. The number of alkyl halides is 2. The minimum atomic E-state index is -0.496. The summed E-state index contributed by atoms with van der Waals surface area (Å²) >= 11 is 9.81. The van der Waals surface area contributed by atoms with Gasteiger partial charge in [-0.2, -0.15) is 0 Å². The van der Waals surface area contributed by atoms with Gasteiger partial charge in [-0.05, 0) is 32.2 Å². The van der Waals surface area contributed by atoms with E-state index in [4.69, 9.17) is 11.6 Å². The highest BCUT2D eigenvalue weighted by Gasteiger charge is 2.42. The molecule has 3 fully saturated rings. The molecular formula is C24H39BrClN3O3. The molecule has 2 aliphatic heterocycles. The van der Waals surface area contributed by atoms with Crippen LogP contribution < -0.4 is 5.32 Å². The molecule has 1 saturated heterocycles. The summed E-state index contributed by atoms with van der Waals surface area (Å²) in [7, 11) is 0. The van der Waals surface area contributed by atoms with Gasteiger partial charge in [-0.25, -0.2) is 0 Å². The Balaban J connectivity index is 0.000000305. The topological polar surface area (TPSA) is 82.0 Å². The third-order valence-electron chi connectivity index (χ3n) is 7.14. The van der Waals surface area contributed by atoms with Crippen molar-refractivity contribution in [3.8, 4) is 0 Å². The first-order valence-corrected chi connectivity index (χ1v) is 13.9. The number of hydrogen-bond acceptors (Lipinski definition) is 5. The molecule has 32 heavy (non-hydrogen) atoms. The number of halogens is 2. The molecule has 8 heteroatoms. The number of carbonyl (C=O) groups excluding carboxylic acids is 2. The van der Waals surface area contributed by atoms with Crippen LogP contribution in [0.25, 0.3) is 0 Å². The second kappa shape index (κ2) is 13.4. The van der Waals surface area contributed by atoms with E-state index < -0.39 is 6.10 Å². The molecule has 0 aromatic heterocycles. The van der Waals surface area contributed by atoms with Crippen LogP contribution in [-0.2, 0) is 9.59 Å². The number of aliphatic hydroxyl groups is 1. The van der Waals surface area contributed by atoms with Gasteiger partial charge >= 0.3 is 0 Å². The first kappa shape index (κ1) is 26.1. The molecule has 0 spiro atoms. The highest BCUT2D eigenvalue weighted by molar-refractivity contribution is 9.09. The van der Waals surface area contributed by atoms with Gasteiger partial charge in [0.2, 0.25) is 5.91 Å². The maximum atomic E-state index is 12.6. The zero-order valence-corrected chi connectivity index (χ0v) is 21.4. The number of ketones is 1. The van der Waals surface area contributed by atoms with E-state index in [1.54, 1.807) is 0 Å². The number of nitrogens with zero attached hydrogens (tertiary/aromatic N) is 2. The van der Waals surface area contributed by atoms with Gasteiger partial charge in [0.25, 0.3) is 0 Å². The van der Waals surface area contributed by atoms with Gasteiger partial charge in [0.15, 0.2) is 5.78 Å². The van der Waals surface area contributed by atoms with E-state index in [-0.39, 0.29) is 52.9 Å². The van der Waals surface area contributed by atoms with Crippen molar-refractivity contribution in [3.05, 3.63) is 0 Å². The van der Waals surface area contributed by atoms with Gasteiger partial charge in [-0.1, -0.05) is 67.3 Å². The Kier molecular flexibility index (Phi) is 10.9. The fourth-order valence-corrected chi connectivity index (χ4v) is 6.03. The molecule has 6 atom stereocenters. The summed E-state index contributed by atoms with van der Waals surface area (Å²) in [6, 6.07) is -0.267. The Morgan fingerprint density at radius 1 is 1.12 bits per heavy atom. The molecule has 6 nitrogen and oxygen atoms in total. The summed E-state index contributed by atoms with van der Waals surface area (Å²) in [4.78, 5) is 31.0. The number of amides is 1. The van der Waals surface area contributed by atoms with Crippen molar-refractivity contribution in [2.45, 2.75) is 112 Å². The second-order valence-electron chi connectivity index (χ2n) is 9.75. The van der Waals surface area contributed by atoms with Crippen molar-refractivity contribution in [2.24, 2.45) is 10.9 Å². The molecule has 2 saturated carbocycles. The average molecular weight is 533 g/mol. The minimum Gasteiger partial charge on any atom is -0.391 e. The lowest BCUT2D eigenvalue weighted by molar-refractivity contribution is -0.136. The van der Waals surface area contributed by atoms with Crippen molar-refractivity contribution in [2.75, 3.05) is 13.1 Å². The molecule has 0 radical (unpaired) electrons. The summed E-state index contributed by atoms with van der Waals surface area (Å²) in [5.41, 5.74) is 0. The van der Waals surface area contributed by atoms with Gasteiger partial charge in [0.1, 0.15) is 0 Å². The summed E-state index contributed by atoms with van der Waals surface area (Å²) < 4.78 is 0. The number of aliphatic hydroxyl groups excluding tert-OH is 1. The predicted molar refractivity (Wildman–Crippen MR) is 133 cm³/mol. The molecule has 2 N–H and O–H groups in total. The lowest BCUT2D eigenvalue weighted by Gasteiger charge is -2.38. The Morgan fingerprint density at radius 2 is 1.75 bits per heavy atom. The second-order valence-corrected chi connectivity index (χ2v) is 11.5. The average Bonchev–Trinajstić information content (AvgIpc) is 2.73. The van der Waals surface area contributed by atoms with Gasteiger partial charge in [-0.15, -0.1) is 11.6 Å². The van der Waals surface area contributed by atoms with Gasteiger partial charge < -0.3 is 10.4 Å². The number of carbonyl (C=O) groups is 2. The standard InChI is InChI=1S/C16H23BrClN3O3.C8H16/c17-11-6-13-10(5-12(11)18)16(24)21(8-20-13)7-9(22)4-14-15(23)2-1-3-19-14;1-2-4-6-8-7-5-3-1/h8,10-15,19,23H,1-7H2;1-8H2/t10?,11?,12?,13?,14?,15-;/m1./s1. The van der Waals surface area contributed by atoms with Gasteiger partial charge in [0.05, 0.1) is 30.9 Å². The smallest absolute Gasteiger partial charge is 0.233 e. The molecule has 182 valence electrons. The number of rotatable bonds is 4. The van der Waals surface area contributed by atoms with Crippen LogP contribution >= 0.6 is 27.5 Å². The first-order valence-electron chi connectivity index (χ1n) is 12.5. The summed E-state index contributed by atoms with van der Waals surface area (Å²) in [6.45, 7) is 0.828. The highest BCUT2D eigenvalue weighted by atomic mass is 79.9. The Bertz CT molecular complexity index is 626. The lowest BCUT2D eigenvalue weighted by Crippen LogP contribution is -2.51. The summed E-state index contributed by atoms with van der Waals surface area (Å²) in [5.74, 6) is -0.369. The van der Waals surface area contributed by atoms with Crippen LogP contribution in [0.15, 0.2) is 4.99 Å². The quantitative estimate of drug-likeness (QED) is 0.532. The third kappa shape index (κ3) is 7.78. The van der Waals surface area contributed by atoms with Crippen molar-refractivity contribution in [1.29, 1.82) is 0 Å². The maximum Gasteiger partial charge on any atom is 0.233 e. The van der Waals surface area contributed by atoms with Crippen LogP contribution in [0, 0.1) is 5.92 Å². The van der Waals surface area contributed by atoms with E-state index in [0.29, 0.717) is 12.8 Å². The molecule has 4 aliphatic rings. The van der Waals surface area contributed by atoms with Crippen LogP contribution in [0.4, 0.5) is 0 Å². The fourth-order valence-electron chi connectivity index (χ4n) is 5.13. The summed E-state index contributed by atoms with van der Waals surface area (Å²) in [6.07, 6.45) is 16.2. The zero-order valence-electron chi connectivity index (χ0n) is 19.1. The van der Waals surface area contributed by atoms with Crippen molar-refractivity contribution >= 4 is 45.6 Å². The number of fused-ring (bicyclic) bond motifs is 1. The SMILES string of the molecule is C1CCCCCCC1.O=C(CC1NCCC[C@H]1O)CN1C=NC2CC(Br)C(Cl)CC2C1=O. The van der Waals surface area contributed by atoms with Gasteiger partial charge in [0, 0.05) is 22.7 Å². The van der Waals surface area contributed by atoms with Gasteiger partial charge in [-0.3, -0.25) is 19.5 Å². The number of aliphatic imine (C=N–C) groups is 1. The third-order valence-corrected chi connectivity index (χ3v) is 8.94. The van der Waals surface area contributed by atoms with Crippen molar-refractivity contribution in [3.63, 3.8) is 0 Å². The molecule has 2 aliphatic carbocycles. The van der Waals surface area contributed by atoms with E-state index >= 15 is 0 Å². The molecule has 0 bridgehead atoms. The Morgan fingerprint density at radius 3 is 2.34 bits per heavy atom. The first-order chi connectivity index (χ1) is 15.5. The minimum absolute atomic E-state index is 0.0150. The number of piperidine rings is 1. The highest BCUT2D eigenvalue weighted by Crippen LogP contribution is 2.36. The molecule has 1 amide bonds. The monoisotopic (exact) mass is 531 g/mol. The number of hydrogen-bond donors (Lipinski definition) is 2. The normalized spacial score (nSPS) is 35.7. The van der Waals surface area contributed by atoms with E-state index in [0.717, 1.165) is 19.4 Å². The zero-order chi connectivity index (χ0) is 22.9. The van der Waals surface area contributed by atoms with Crippen LogP contribution in [0.3, 0.4) is 0 Å². The maximum absolute atomic E-state index is 12.6. The van der Waals surface area contributed by atoms with E-state index in [2.05, 4.69) is 26.2 Å². The van der Waals surface area contributed by atoms with Crippen molar-refractivity contribution < 1.29 is 14.7 Å². The van der Waals surface area contributed by atoms with Crippen molar-refractivity contribution in [1.82, 2.24) is 10.2 Å². The van der Waals surface area contributed by atoms with Crippen LogP contribution in [0.5, 0.6) is 0 Å². The molecule has 0 aromatic carbocycles. The Hall–Kier alpha value is -0.500. The van der Waals surface area contributed by atoms with Crippen LogP contribution in [-0.4, -0.2) is 69.5 Å². The van der Waals surface area contributed by atoms with Crippen LogP contribution in [0.2, 0.25) is 0 Å². The number of nitrogens with one attached hydrogen (secondary N) is 1. The molecule has 4 rings (SSSR count). The lowest BCUT2D eigenvalue weighted by atomic mass is 9.82. The largest absolute Gasteiger partial charge is 0.391 e. The van der Waals surface area contributed by atoms with Crippen LogP contribution in [0.1, 0.15) is 83.5 Å². The van der Waals surface area contributed by atoms with E-state index in [9.17, 15) is 14.7 Å². The van der Waals surface area contributed by atoms with E-state index in [1.807, 2.05) is 0 Å². The molecule has 2 heterocycles. The Labute approximate surface area is 206 Å². The molecular weight excluding hydrogens is 494 g/mol.